The first-order valence-corrected chi connectivity index (χ1v) is 5.13. The number of rotatable bonds is 4. The largest absolute Gasteiger partial charge is 0.403 e. The van der Waals surface area contributed by atoms with Crippen molar-refractivity contribution in [3.63, 3.8) is 0 Å². The maximum Gasteiger partial charge on any atom is 0.403 e. The molecule has 0 bridgehead atoms. The molecule has 0 spiro atoms. The summed E-state index contributed by atoms with van der Waals surface area (Å²) >= 11 is 0. The van der Waals surface area contributed by atoms with Gasteiger partial charge in [-0.2, -0.15) is 13.2 Å². The molecular formula is C11H15F3N2. The van der Waals surface area contributed by atoms with E-state index in [1.807, 2.05) is 13.0 Å². The van der Waals surface area contributed by atoms with Gasteiger partial charge in [-0.3, -0.25) is 4.98 Å². The summed E-state index contributed by atoms with van der Waals surface area (Å²) in [5.41, 5.74) is 5.98. The van der Waals surface area contributed by atoms with Gasteiger partial charge < -0.3 is 5.73 Å². The highest BCUT2D eigenvalue weighted by molar-refractivity contribution is 5.13. The quantitative estimate of drug-likeness (QED) is 0.866. The molecule has 0 aliphatic heterocycles. The van der Waals surface area contributed by atoms with Crippen LogP contribution in [0.15, 0.2) is 24.5 Å². The van der Waals surface area contributed by atoms with Gasteiger partial charge in [0, 0.05) is 12.4 Å². The third kappa shape index (κ3) is 3.81. The zero-order chi connectivity index (χ0) is 12.2. The van der Waals surface area contributed by atoms with E-state index in [-0.39, 0.29) is 12.3 Å². The molecule has 1 aromatic rings. The van der Waals surface area contributed by atoms with Gasteiger partial charge in [0.2, 0.25) is 0 Å². The SMILES string of the molecule is CC(CCC(N)C(F)(F)F)c1cccnc1. The van der Waals surface area contributed by atoms with Gasteiger partial charge in [-0.25, -0.2) is 0 Å². The second-order valence-electron chi connectivity index (χ2n) is 3.91. The third-order valence-corrected chi connectivity index (χ3v) is 2.58. The van der Waals surface area contributed by atoms with E-state index in [1.54, 1.807) is 18.5 Å². The summed E-state index contributed by atoms with van der Waals surface area (Å²) in [6.07, 6.45) is -0.637. The number of hydrogen-bond acceptors (Lipinski definition) is 2. The van der Waals surface area contributed by atoms with Crippen molar-refractivity contribution in [2.75, 3.05) is 0 Å². The Balaban J connectivity index is 2.45. The molecule has 0 saturated carbocycles. The number of nitrogens with two attached hydrogens (primary N) is 1. The summed E-state index contributed by atoms with van der Waals surface area (Å²) in [6.45, 7) is 1.88. The van der Waals surface area contributed by atoms with E-state index in [0.29, 0.717) is 6.42 Å². The summed E-state index contributed by atoms with van der Waals surface area (Å²) in [5.74, 6) is 0.0436. The van der Waals surface area contributed by atoms with Crippen molar-refractivity contribution in [2.24, 2.45) is 5.73 Å². The first kappa shape index (κ1) is 13.0. The lowest BCUT2D eigenvalue weighted by molar-refractivity contribution is -0.149. The maximum atomic E-state index is 12.2. The fraction of sp³-hybridized carbons (Fsp3) is 0.545. The molecule has 2 atom stereocenters. The van der Waals surface area contributed by atoms with Crippen molar-refractivity contribution in [2.45, 2.75) is 37.9 Å². The van der Waals surface area contributed by atoms with Crippen molar-refractivity contribution in [3.8, 4) is 0 Å². The lowest BCUT2D eigenvalue weighted by atomic mass is 9.95. The van der Waals surface area contributed by atoms with Gasteiger partial charge in [-0.05, 0) is 30.4 Å². The van der Waals surface area contributed by atoms with Crippen LogP contribution in [0.5, 0.6) is 0 Å². The standard InChI is InChI=1S/C11H15F3N2/c1-8(9-3-2-6-16-7-9)4-5-10(15)11(12,13)14/h2-3,6-8,10H,4-5,15H2,1H3. The lowest BCUT2D eigenvalue weighted by Crippen LogP contribution is -2.37. The normalized spacial score (nSPS) is 15.8. The Hall–Kier alpha value is -1.10. The Labute approximate surface area is 92.7 Å². The molecule has 2 N–H and O–H groups in total. The van der Waals surface area contributed by atoms with E-state index in [0.717, 1.165) is 5.56 Å². The van der Waals surface area contributed by atoms with Crippen LogP contribution in [0.1, 0.15) is 31.2 Å². The highest BCUT2D eigenvalue weighted by atomic mass is 19.4. The van der Waals surface area contributed by atoms with Crippen LogP contribution >= 0.6 is 0 Å². The number of pyridine rings is 1. The van der Waals surface area contributed by atoms with Crippen molar-refractivity contribution in [3.05, 3.63) is 30.1 Å². The molecule has 1 aromatic heterocycles. The van der Waals surface area contributed by atoms with Gasteiger partial charge in [0.15, 0.2) is 0 Å². The van der Waals surface area contributed by atoms with Crippen LogP contribution in [0.25, 0.3) is 0 Å². The summed E-state index contributed by atoms with van der Waals surface area (Å²) < 4.78 is 36.5. The summed E-state index contributed by atoms with van der Waals surface area (Å²) in [6, 6.07) is 1.90. The van der Waals surface area contributed by atoms with E-state index in [2.05, 4.69) is 4.98 Å². The lowest BCUT2D eigenvalue weighted by Gasteiger charge is -2.18. The van der Waals surface area contributed by atoms with Crippen LogP contribution in [-0.4, -0.2) is 17.2 Å². The minimum Gasteiger partial charge on any atom is -0.320 e. The molecule has 0 aromatic carbocycles. The van der Waals surface area contributed by atoms with Crippen molar-refractivity contribution < 1.29 is 13.2 Å². The van der Waals surface area contributed by atoms with Gasteiger partial charge in [-0.1, -0.05) is 13.0 Å². The molecule has 0 radical (unpaired) electrons. The average molecular weight is 232 g/mol. The molecule has 0 amide bonds. The van der Waals surface area contributed by atoms with Crippen LogP contribution in [-0.2, 0) is 0 Å². The summed E-state index contributed by atoms with van der Waals surface area (Å²) in [5, 5.41) is 0. The van der Waals surface area contributed by atoms with Crippen molar-refractivity contribution in [1.82, 2.24) is 4.98 Å². The second kappa shape index (κ2) is 5.30. The van der Waals surface area contributed by atoms with E-state index < -0.39 is 12.2 Å². The minimum absolute atomic E-state index is 0.0436. The molecule has 2 nitrogen and oxygen atoms in total. The highest BCUT2D eigenvalue weighted by Gasteiger charge is 2.36. The predicted molar refractivity (Wildman–Crippen MR) is 55.9 cm³/mol. The van der Waals surface area contributed by atoms with Crippen LogP contribution in [0.2, 0.25) is 0 Å². The first-order valence-electron chi connectivity index (χ1n) is 5.13. The van der Waals surface area contributed by atoms with Gasteiger partial charge in [-0.15, -0.1) is 0 Å². The van der Waals surface area contributed by atoms with E-state index in [1.165, 1.54) is 0 Å². The van der Waals surface area contributed by atoms with E-state index in [9.17, 15) is 13.2 Å². The Bertz CT molecular complexity index is 311. The molecule has 1 rings (SSSR count). The maximum absolute atomic E-state index is 12.2. The van der Waals surface area contributed by atoms with Crippen LogP contribution in [0.4, 0.5) is 13.2 Å². The Morgan fingerprint density at radius 2 is 2.06 bits per heavy atom. The summed E-state index contributed by atoms with van der Waals surface area (Å²) in [7, 11) is 0. The van der Waals surface area contributed by atoms with E-state index >= 15 is 0 Å². The number of alkyl halides is 3. The molecule has 1 heterocycles. The molecule has 0 aliphatic carbocycles. The van der Waals surface area contributed by atoms with Gasteiger partial charge in [0.1, 0.15) is 6.04 Å². The molecule has 90 valence electrons. The molecule has 0 saturated heterocycles. The number of hydrogen-bond donors (Lipinski definition) is 1. The first-order chi connectivity index (χ1) is 7.41. The fourth-order valence-electron chi connectivity index (χ4n) is 1.43. The van der Waals surface area contributed by atoms with Crippen molar-refractivity contribution >= 4 is 0 Å². The van der Waals surface area contributed by atoms with Crippen LogP contribution < -0.4 is 5.73 Å². The topological polar surface area (TPSA) is 38.9 Å². The van der Waals surface area contributed by atoms with Gasteiger partial charge >= 0.3 is 6.18 Å². The van der Waals surface area contributed by atoms with Crippen LogP contribution in [0, 0.1) is 0 Å². The number of halogens is 3. The predicted octanol–water partition coefficient (Wildman–Crippen LogP) is 2.85. The number of aromatic nitrogens is 1. The average Bonchev–Trinajstić information content (AvgIpc) is 2.25. The molecule has 0 fully saturated rings. The second-order valence-corrected chi connectivity index (χ2v) is 3.91. The van der Waals surface area contributed by atoms with E-state index in [4.69, 9.17) is 5.73 Å². The Morgan fingerprint density at radius 1 is 1.38 bits per heavy atom. The molecule has 2 unspecified atom stereocenters. The Morgan fingerprint density at radius 3 is 2.56 bits per heavy atom. The summed E-state index contributed by atoms with van der Waals surface area (Å²) in [4.78, 5) is 3.93. The smallest absolute Gasteiger partial charge is 0.320 e. The highest BCUT2D eigenvalue weighted by Crippen LogP contribution is 2.26. The van der Waals surface area contributed by atoms with Gasteiger partial charge in [0.25, 0.3) is 0 Å². The molecule has 0 aliphatic rings. The molecule has 16 heavy (non-hydrogen) atoms. The monoisotopic (exact) mass is 232 g/mol. The van der Waals surface area contributed by atoms with Crippen molar-refractivity contribution in [1.29, 1.82) is 0 Å². The third-order valence-electron chi connectivity index (χ3n) is 2.58. The molecule has 5 heteroatoms. The Kier molecular flexibility index (Phi) is 4.29. The van der Waals surface area contributed by atoms with Crippen LogP contribution in [0.3, 0.4) is 0 Å². The minimum atomic E-state index is -4.30. The fourth-order valence-corrected chi connectivity index (χ4v) is 1.43. The van der Waals surface area contributed by atoms with Gasteiger partial charge in [0.05, 0.1) is 0 Å². The number of nitrogens with zero attached hydrogens (tertiary/aromatic N) is 1. The molecular weight excluding hydrogens is 217 g/mol. The zero-order valence-corrected chi connectivity index (χ0v) is 9.04. The zero-order valence-electron chi connectivity index (χ0n) is 9.04.